The van der Waals surface area contributed by atoms with E-state index in [0.717, 1.165) is 0 Å². The van der Waals surface area contributed by atoms with E-state index in [2.05, 4.69) is 25.6 Å². The number of benzene rings is 2. The Balaban J connectivity index is 1.95. The minimum absolute atomic E-state index is 0.0143. The normalized spacial score (nSPS) is 11.9. The van der Waals surface area contributed by atoms with E-state index in [0.29, 0.717) is 12.0 Å². The zero-order valence-electron chi connectivity index (χ0n) is 17.0. The van der Waals surface area contributed by atoms with Crippen LogP contribution in [0.1, 0.15) is 18.9 Å². The minimum Gasteiger partial charge on any atom is -0.418 e. The first-order valence-electron chi connectivity index (χ1n) is 9.54. The van der Waals surface area contributed by atoms with E-state index in [-0.39, 0.29) is 25.0 Å². The molecule has 1 heterocycles. The molecule has 3 rings (SSSR count). The van der Waals surface area contributed by atoms with Gasteiger partial charge in [0.1, 0.15) is 5.82 Å². The van der Waals surface area contributed by atoms with Gasteiger partial charge < -0.3 is 20.5 Å². The number of aliphatic hydroxyl groups is 1. The van der Waals surface area contributed by atoms with Crippen LogP contribution in [0.4, 0.5) is 38.2 Å². The molecule has 2 aromatic carbocycles. The van der Waals surface area contributed by atoms with Crippen molar-refractivity contribution in [3.63, 3.8) is 0 Å². The van der Waals surface area contributed by atoms with Gasteiger partial charge in [0.15, 0.2) is 0 Å². The minimum atomic E-state index is -2.35. The van der Waals surface area contributed by atoms with E-state index in [4.69, 9.17) is 4.74 Å². The maximum Gasteiger partial charge on any atom is 0.328 e. The zero-order valence-corrected chi connectivity index (χ0v) is 17.0. The molecule has 0 aliphatic heterocycles. The number of nitrogens with zero attached hydrogens (tertiary/aromatic N) is 3. The van der Waals surface area contributed by atoms with Crippen molar-refractivity contribution < 1.29 is 36.2 Å². The van der Waals surface area contributed by atoms with Gasteiger partial charge in [-0.05, 0) is 24.1 Å². The summed E-state index contributed by atoms with van der Waals surface area (Å²) in [6.45, 7) is 1.44. The first kappa shape index (κ1) is 24.0. The maximum atomic E-state index is 14.0. The second-order valence-electron chi connectivity index (χ2n) is 6.68. The predicted octanol–water partition coefficient (Wildman–Crippen LogP) is 4.29. The average molecular weight is 473 g/mol. The molecule has 3 N–H and O–H groups in total. The van der Waals surface area contributed by atoms with Gasteiger partial charge in [0, 0.05) is 6.54 Å². The van der Waals surface area contributed by atoms with Crippen molar-refractivity contribution >= 4 is 11.9 Å². The van der Waals surface area contributed by atoms with Crippen molar-refractivity contribution in [3.8, 4) is 11.8 Å². The maximum absolute atomic E-state index is 14.0. The number of aromatic nitrogens is 3. The third-order valence-corrected chi connectivity index (χ3v) is 4.36. The van der Waals surface area contributed by atoms with Crippen LogP contribution < -0.4 is 15.4 Å². The average Bonchev–Trinajstić information content (AvgIpc) is 2.81. The highest BCUT2D eigenvalue weighted by Gasteiger charge is 2.28. The third kappa shape index (κ3) is 5.61. The molecular weight excluding hydrogens is 456 g/mol. The molecule has 3 aromatic rings. The summed E-state index contributed by atoms with van der Waals surface area (Å²) in [6, 6.07) is 4.22. The molecule has 0 radical (unpaired) electrons. The van der Waals surface area contributed by atoms with Crippen LogP contribution >= 0.6 is 0 Å². The standard InChI is InChI=1S/C20H17F6N5O2/c1-2-11(8-32)28-19-29-18(27-7-9-4-3-5-10(21)6-9)30-20(31-19)33-17-15(25)13(23)12(22)14(24)16(17)26/h3-6,11,32H,2,7-8H2,1H3,(H2,27,28,29,30,31)/t11-/m0/s1. The molecule has 7 nitrogen and oxygen atoms in total. The Labute approximate surface area is 183 Å². The van der Waals surface area contributed by atoms with Gasteiger partial charge in [0.2, 0.25) is 46.7 Å². The number of ether oxygens (including phenoxy) is 1. The lowest BCUT2D eigenvalue weighted by Gasteiger charge is -2.16. The lowest BCUT2D eigenvalue weighted by atomic mass is 10.2. The van der Waals surface area contributed by atoms with Gasteiger partial charge in [-0.3, -0.25) is 0 Å². The summed E-state index contributed by atoms with van der Waals surface area (Å²) in [5.41, 5.74) is 0.494. The fraction of sp³-hybridized carbons (Fsp3) is 0.250. The molecule has 13 heteroatoms. The Morgan fingerprint density at radius 1 is 0.909 bits per heavy atom. The highest BCUT2D eigenvalue weighted by molar-refractivity contribution is 5.39. The van der Waals surface area contributed by atoms with Crippen molar-refractivity contribution in [2.45, 2.75) is 25.9 Å². The highest BCUT2D eigenvalue weighted by Crippen LogP contribution is 2.32. The Morgan fingerprint density at radius 2 is 1.55 bits per heavy atom. The zero-order chi connectivity index (χ0) is 24.1. The third-order valence-electron chi connectivity index (χ3n) is 4.36. The molecule has 0 saturated heterocycles. The van der Waals surface area contributed by atoms with Gasteiger partial charge in [0.25, 0.3) is 0 Å². The topological polar surface area (TPSA) is 92.2 Å². The molecule has 1 atom stereocenters. The summed E-state index contributed by atoms with van der Waals surface area (Å²) in [5, 5.41) is 14.8. The van der Waals surface area contributed by atoms with Gasteiger partial charge in [-0.2, -0.15) is 23.7 Å². The molecule has 0 spiro atoms. The predicted molar refractivity (Wildman–Crippen MR) is 105 cm³/mol. The molecule has 0 amide bonds. The first-order chi connectivity index (χ1) is 15.7. The van der Waals surface area contributed by atoms with Crippen LogP contribution in [0.3, 0.4) is 0 Å². The smallest absolute Gasteiger partial charge is 0.328 e. The van der Waals surface area contributed by atoms with Crippen LogP contribution in [0.15, 0.2) is 24.3 Å². The largest absolute Gasteiger partial charge is 0.418 e. The number of hydrogen-bond acceptors (Lipinski definition) is 7. The summed E-state index contributed by atoms with van der Waals surface area (Å²) >= 11 is 0. The van der Waals surface area contributed by atoms with Crippen LogP contribution in [0.25, 0.3) is 0 Å². The molecule has 0 fully saturated rings. The Hall–Kier alpha value is -3.61. The van der Waals surface area contributed by atoms with E-state index >= 15 is 0 Å². The number of nitrogens with one attached hydrogen (secondary N) is 2. The van der Waals surface area contributed by atoms with Crippen LogP contribution in [0.2, 0.25) is 0 Å². The Kier molecular flexibility index (Phi) is 7.53. The van der Waals surface area contributed by atoms with Crippen molar-refractivity contribution in [2.75, 3.05) is 17.2 Å². The van der Waals surface area contributed by atoms with Crippen LogP contribution in [-0.2, 0) is 6.54 Å². The van der Waals surface area contributed by atoms with Crippen LogP contribution in [0, 0.1) is 34.9 Å². The lowest BCUT2D eigenvalue weighted by Crippen LogP contribution is -2.24. The van der Waals surface area contributed by atoms with Crippen LogP contribution in [0.5, 0.6) is 11.8 Å². The van der Waals surface area contributed by atoms with E-state index in [1.54, 1.807) is 13.0 Å². The molecule has 0 unspecified atom stereocenters. The molecular formula is C20H17F6N5O2. The van der Waals surface area contributed by atoms with Gasteiger partial charge in [-0.1, -0.05) is 19.1 Å². The molecule has 0 bridgehead atoms. The summed E-state index contributed by atoms with van der Waals surface area (Å²) in [7, 11) is 0. The van der Waals surface area contributed by atoms with Crippen molar-refractivity contribution in [2.24, 2.45) is 0 Å². The van der Waals surface area contributed by atoms with Gasteiger partial charge in [-0.25, -0.2) is 17.6 Å². The molecule has 0 aliphatic rings. The SMILES string of the molecule is CC[C@@H](CO)Nc1nc(NCc2cccc(F)c2)nc(Oc2c(F)c(F)c(F)c(F)c2F)n1. The van der Waals surface area contributed by atoms with Crippen molar-refractivity contribution in [3.05, 3.63) is 64.7 Å². The van der Waals surface area contributed by atoms with Gasteiger partial charge in [-0.15, -0.1) is 0 Å². The number of halogens is 6. The van der Waals surface area contributed by atoms with Gasteiger partial charge >= 0.3 is 6.01 Å². The Bertz CT molecular complexity index is 1120. The summed E-state index contributed by atoms with van der Waals surface area (Å²) in [4.78, 5) is 11.5. The summed E-state index contributed by atoms with van der Waals surface area (Å²) in [6.07, 6.45) is 0.433. The molecule has 1 aromatic heterocycles. The molecule has 33 heavy (non-hydrogen) atoms. The summed E-state index contributed by atoms with van der Waals surface area (Å²) in [5.74, 6) is -13.7. The monoisotopic (exact) mass is 473 g/mol. The summed E-state index contributed by atoms with van der Waals surface area (Å²) < 4.78 is 86.4. The van der Waals surface area contributed by atoms with Gasteiger partial charge in [0.05, 0.1) is 12.6 Å². The second-order valence-corrected chi connectivity index (χ2v) is 6.68. The molecule has 0 aliphatic carbocycles. The highest BCUT2D eigenvalue weighted by atomic mass is 19.2. The molecule has 0 saturated carbocycles. The van der Waals surface area contributed by atoms with Crippen LogP contribution in [-0.4, -0.2) is 32.7 Å². The van der Waals surface area contributed by atoms with E-state index in [1.807, 2.05) is 0 Å². The van der Waals surface area contributed by atoms with Crippen molar-refractivity contribution in [1.82, 2.24) is 15.0 Å². The number of hydrogen-bond donors (Lipinski definition) is 3. The molecule has 176 valence electrons. The second kappa shape index (κ2) is 10.3. The lowest BCUT2D eigenvalue weighted by molar-refractivity contribution is 0.271. The van der Waals surface area contributed by atoms with Crippen molar-refractivity contribution in [1.29, 1.82) is 0 Å². The van der Waals surface area contributed by atoms with E-state index < -0.39 is 52.7 Å². The fourth-order valence-corrected chi connectivity index (χ4v) is 2.60. The van der Waals surface area contributed by atoms with E-state index in [1.165, 1.54) is 18.2 Å². The number of anilines is 2. The Morgan fingerprint density at radius 3 is 2.15 bits per heavy atom. The quantitative estimate of drug-likeness (QED) is 0.243. The number of aliphatic hydroxyl groups excluding tert-OH is 1. The number of rotatable bonds is 9. The first-order valence-corrected chi connectivity index (χ1v) is 9.54. The van der Waals surface area contributed by atoms with E-state index in [9.17, 15) is 31.4 Å². The fourth-order valence-electron chi connectivity index (χ4n) is 2.60.